The van der Waals surface area contributed by atoms with E-state index in [1.165, 1.54) is 0 Å². The smallest absolute Gasteiger partial charge is 0.257 e. The summed E-state index contributed by atoms with van der Waals surface area (Å²) in [6.07, 6.45) is 7.42. The van der Waals surface area contributed by atoms with Crippen LogP contribution in [0.1, 0.15) is 43.0 Å². The van der Waals surface area contributed by atoms with Gasteiger partial charge in [-0.15, -0.1) is 0 Å². The molecule has 1 unspecified atom stereocenters. The van der Waals surface area contributed by atoms with Crippen LogP contribution in [-0.2, 0) is 16.1 Å². The molecule has 2 amide bonds. The lowest BCUT2D eigenvalue weighted by atomic mass is 9.93. The first-order valence-corrected chi connectivity index (χ1v) is 10.4. The fourth-order valence-corrected chi connectivity index (χ4v) is 4.24. The monoisotopic (exact) mass is 391 g/mol. The predicted molar refractivity (Wildman–Crippen MR) is 106 cm³/mol. The van der Waals surface area contributed by atoms with Gasteiger partial charge in [-0.25, -0.2) is 0 Å². The molecule has 2 saturated heterocycles. The number of methoxy groups -OCH3 is 1. The van der Waals surface area contributed by atoms with Gasteiger partial charge in [-0.3, -0.25) is 19.2 Å². The number of hydrogen-bond donors (Lipinski definition) is 1. The van der Waals surface area contributed by atoms with Gasteiger partial charge in [0.2, 0.25) is 5.91 Å². The lowest BCUT2D eigenvalue weighted by Gasteiger charge is -2.42. The molecule has 1 aromatic rings. The fourth-order valence-electron chi connectivity index (χ4n) is 4.24. The Morgan fingerprint density at radius 2 is 2.04 bits per heavy atom. The van der Waals surface area contributed by atoms with Crippen molar-refractivity contribution in [3.05, 3.63) is 18.0 Å². The Hall–Kier alpha value is -1.93. The molecule has 0 radical (unpaired) electrons. The Balaban J connectivity index is 1.47. The SMILES string of the molecule is CCn1cc(C(=O)N2CCC(N3CCCC(C(=O)NCCOC)C3)CC2)cn1. The van der Waals surface area contributed by atoms with Crippen molar-refractivity contribution >= 4 is 11.8 Å². The molecule has 8 heteroatoms. The molecule has 2 aliphatic rings. The minimum Gasteiger partial charge on any atom is -0.383 e. The van der Waals surface area contributed by atoms with Gasteiger partial charge < -0.3 is 15.0 Å². The minimum absolute atomic E-state index is 0.0603. The van der Waals surface area contributed by atoms with Gasteiger partial charge >= 0.3 is 0 Å². The summed E-state index contributed by atoms with van der Waals surface area (Å²) >= 11 is 0. The molecule has 3 heterocycles. The Morgan fingerprint density at radius 3 is 2.71 bits per heavy atom. The number of nitrogens with zero attached hydrogens (tertiary/aromatic N) is 4. The molecule has 0 aromatic carbocycles. The molecule has 156 valence electrons. The maximum Gasteiger partial charge on any atom is 0.257 e. The minimum atomic E-state index is 0.0603. The normalized spacial score (nSPS) is 21.6. The topological polar surface area (TPSA) is 79.7 Å². The molecule has 1 N–H and O–H groups in total. The first kappa shape index (κ1) is 20.8. The highest BCUT2D eigenvalue weighted by Gasteiger charge is 2.32. The average Bonchev–Trinajstić information content (AvgIpc) is 3.23. The molecule has 2 aliphatic heterocycles. The molecule has 0 bridgehead atoms. The summed E-state index contributed by atoms with van der Waals surface area (Å²) in [5.41, 5.74) is 0.672. The Bertz CT molecular complexity index is 654. The van der Waals surface area contributed by atoms with Crippen molar-refractivity contribution in [2.24, 2.45) is 5.92 Å². The molecular weight excluding hydrogens is 358 g/mol. The maximum absolute atomic E-state index is 12.7. The lowest BCUT2D eigenvalue weighted by Crippen LogP contribution is -2.51. The van der Waals surface area contributed by atoms with Gasteiger partial charge in [0.05, 0.1) is 24.3 Å². The van der Waals surface area contributed by atoms with Crippen LogP contribution < -0.4 is 5.32 Å². The second kappa shape index (κ2) is 10.0. The summed E-state index contributed by atoms with van der Waals surface area (Å²) in [5, 5.41) is 7.18. The average molecular weight is 392 g/mol. The van der Waals surface area contributed by atoms with Crippen LogP contribution in [0.4, 0.5) is 0 Å². The molecule has 0 spiro atoms. The van der Waals surface area contributed by atoms with Crippen LogP contribution in [0.3, 0.4) is 0 Å². The summed E-state index contributed by atoms with van der Waals surface area (Å²) < 4.78 is 6.79. The third-order valence-electron chi connectivity index (χ3n) is 5.90. The summed E-state index contributed by atoms with van der Waals surface area (Å²) in [6, 6.07) is 0.456. The number of aryl methyl sites for hydroxylation is 1. The van der Waals surface area contributed by atoms with E-state index in [9.17, 15) is 9.59 Å². The van der Waals surface area contributed by atoms with Crippen molar-refractivity contribution in [2.45, 2.75) is 45.2 Å². The Morgan fingerprint density at radius 1 is 1.25 bits per heavy atom. The first-order chi connectivity index (χ1) is 13.6. The first-order valence-electron chi connectivity index (χ1n) is 10.4. The van der Waals surface area contributed by atoms with Gasteiger partial charge in [-0.2, -0.15) is 5.10 Å². The van der Waals surface area contributed by atoms with Gasteiger partial charge in [0, 0.05) is 52.1 Å². The van der Waals surface area contributed by atoms with E-state index in [0.29, 0.717) is 24.8 Å². The van der Waals surface area contributed by atoms with E-state index in [0.717, 1.165) is 58.4 Å². The molecule has 0 saturated carbocycles. The highest BCUT2D eigenvalue weighted by atomic mass is 16.5. The fraction of sp³-hybridized carbons (Fsp3) is 0.750. The van der Waals surface area contributed by atoms with E-state index in [4.69, 9.17) is 4.74 Å². The van der Waals surface area contributed by atoms with E-state index in [2.05, 4.69) is 15.3 Å². The number of aromatic nitrogens is 2. The van der Waals surface area contributed by atoms with Crippen molar-refractivity contribution in [2.75, 3.05) is 46.4 Å². The zero-order valence-electron chi connectivity index (χ0n) is 17.1. The zero-order valence-corrected chi connectivity index (χ0v) is 17.1. The Kier molecular flexibility index (Phi) is 7.44. The second-order valence-electron chi connectivity index (χ2n) is 7.73. The van der Waals surface area contributed by atoms with Crippen molar-refractivity contribution < 1.29 is 14.3 Å². The molecule has 28 heavy (non-hydrogen) atoms. The predicted octanol–water partition coefficient (Wildman–Crippen LogP) is 0.982. The molecule has 3 rings (SSSR count). The van der Waals surface area contributed by atoms with E-state index in [-0.39, 0.29) is 17.7 Å². The van der Waals surface area contributed by atoms with Crippen LogP contribution >= 0.6 is 0 Å². The number of rotatable bonds is 7. The Labute approximate surface area is 167 Å². The number of carbonyl (C=O) groups excluding carboxylic acids is 2. The molecule has 8 nitrogen and oxygen atoms in total. The van der Waals surface area contributed by atoms with Gasteiger partial charge in [0.25, 0.3) is 5.91 Å². The van der Waals surface area contributed by atoms with E-state index < -0.39 is 0 Å². The summed E-state index contributed by atoms with van der Waals surface area (Å²) in [6.45, 7) is 7.29. The highest BCUT2D eigenvalue weighted by Crippen LogP contribution is 2.24. The quantitative estimate of drug-likeness (QED) is 0.701. The number of nitrogens with one attached hydrogen (secondary N) is 1. The van der Waals surface area contributed by atoms with Crippen LogP contribution in [0.5, 0.6) is 0 Å². The van der Waals surface area contributed by atoms with Crippen molar-refractivity contribution in [1.82, 2.24) is 24.9 Å². The van der Waals surface area contributed by atoms with Gasteiger partial charge in [-0.1, -0.05) is 0 Å². The number of amides is 2. The highest BCUT2D eigenvalue weighted by molar-refractivity contribution is 5.93. The zero-order chi connectivity index (χ0) is 19.9. The molecule has 1 atom stereocenters. The van der Waals surface area contributed by atoms with E-state index in [1.54, 1.807) is 18.0 Å². The van der Waals surface area contributed by atoms with Crippen LogP contribution in [-0.4, -0.2) is 83.9 Å². The van der Waals surface area contributed by atoms with Crippen LogP contribution in [0.25, 0.3) is 0 Å². The van der Waals surface area contributed by atoms with E-state index in [1.807, 2.05) is 18.0 Å². The van der Waals surface area contributed by atoms with Gasteiger partial charge in [0.1, 0.15) is 0 Å². The van der Waals surface area contributed by atoms with Crippen molar-refractivity contribution in [1.29, 1.82) is 0 Å². The molecular formula is C20H33N5O3. The molecule has 1 aromatic heterocycles. The summed E-state index contributed by atoms with van der Waals surface area (Å²) in [7, 11) is 1.64. The third-order valence-corrected chi connectivity index (χ3v) is 5.90. The number of likely N-dealkylation sites (tertiary alicyclic amines) is 2. The van der Waals surface area contributed by atoms with E-state index >= 15 is 0 Å². The second-order valence-corrected chi connectivity index (χ2v) is 7.73. The van der Waals surface area contributed by atoms with Crippen LogP contribution in [0.15, 0.2) is 12.4 Å². The van der Waals surface area contributed by atoms with Crippen molar-refractivity contribution in [3.8, 4) is 0 Å². The van der Waals surface area contributed by atoms with Gasteiger partial charge in [0.15, 0.2) is 0 Å². The van der Waals surface area contributed by atoms with Crippen LogP contribution in [0.2, 0.25) is 0 Å². The number of ether oxygens (including phenoxy) is 1. The van der Waals surface area contributed by atoms with Crippen molar-refractivity contribution in [3.63, 3.8) is 0 Å². The summed E-state index contributed by atoms with van der Waals surface area (Å²) in [5.74, 6) is 0.277. The summed E-state index contributed by atoms with van der Waals surface area (Å²) in [4.78, 5) is 29.4. The van der Waals surface area contributed by atoms with Crippen LogP contribution in [0, 0.1) is 5.92 Å². The van der Waals surface area contributed by atoms with Gasteiger partial charge in [-0.05, 0) is 39.2 Å². The molecule has 2 fully saturated rings. The maximum atomic E-state index is 12.7. The standard InChI is InChI=1S/C20H33N5O3/c1-3-25-15-17(13-22-25)20(27)23-10-6-18(7-11-23)24-9-4-5-16(14-24)19(26)21-8-12-28-2/h13,15-16,18H,3-12,14H2,1-2H3,(H,21,26). The third kappa shape index (κ3) is 5.11. The number of hydrogen-bond acceptors (Lipinski definition) is 5. The molecule has 0 aliphatic carbocycles. The number of piperidine rings is 2. The largest absolute Gasteiger partial charge is 0.383 e. The number of carbonyl (C=O) groups is 2. The lowest BCUT2D eigenvalue weighted by molar-refractivity contribution is -0.127.